The number of nitrogens with zero attached hydrogens (tertiary/aromatic N) is 3. The number of nitrogens with one attached hydrogen (secondary N) is 2. The Hall–Kier alpha value is -4.32. The molecule has 1 atom stereocenters. The first-order chi connectivity index (χ1) is 26.5. The minimum atomic E-state index is -1.77. The van der Waals surface area contributed by atoms with E-state index in [-0.39, 0.29) is 30.5 Å². The number of rotatable bonds is 16. The van der Waals surface area contributed by atoms with Gasteiger partial charge in [-0.05, 0) is 49.7 Å². The minimum absolute atomic E-state index is 0.00257. The second-order valence-corrected chi connectivity index (χ2v) is 16.5. The Kier molecular flexibility index (Phi) is 15.2. The number of fused-ring (bicyclic) bond motifs is 1. The summed E-state index contributed by atoms with van der Waals surface area (Å²) in [6.07, 6.45) is -0.0398. The summed E-state index contributed by atoms with van der Waals surface area (Å²) in [6.45, 7) is 3.80. The molecule has 0 saturated carbocycles. The van der Waals surface area contributed by atoms with Gasteiger partial charge in [0.05, 0.1) is 53.1 Å². The summed E-state index contributed by atoms with van der Waals surface area (Å²) in [7, 11) is 5.89. The van der Waals surface area contributed by atoms with Gasteiger partial charge in [0.15, 0.2) is 5.75 Å². The van der Waals surface area contributed by atoms with Gasteiger partial charge in [-0.25, -0.2) is 9.59 Å². The highest BCUT2D eigenvalue weighted by Gasteiger charge is 2.29. The van der Waals surface area contributed by atoms with E-state index in [0.717, 1.165) is 11.1 Å². The molecule has 290 valence electrons. The third-order valence-electron chi connectivity index (χ3n) is 7.94. The summed E-state index contributed by atoms with van der Waals surface area (Å²) in [4.78, 5) is 47.2. The van der Waals surface area contributed by atoms with Crippen molar-refractivity contribution in [2.24, 2.45) is 0 Å². The molecular formula is C37H37Cl2N5O8S3. The molecule has 0 spiro atoms. The fourth-order valence-corrected chi connectivity index (χ4v) is 8.72. The van der Waals surface area contributed by atoms with E-state index in [1.54, 1.807) is 74.0 Å². The van der Waals surface area contributed by atoms with Crippen LogP contribution in [0.25, 0.3) is 11.0 Å². The molecule has 5 rings (SSSR count). The van der Waals surface area contributed by atoms with Crippen LogP contribution in [-0.4, -0.2) is 76.1 Å². The highest BCUT2D eigenvalue weighted by Crippen LogP contribution is 2.34. The van der Waals surface area contributed by atoms with Crippen LogP contribution in [0.15, 0.2) is 72.0 Å². The number of hydrogen-bond acceptors (Lipinski definition) is 13. The molecule has 13 nitrogen and oxygen atoms in total. The smallest absolute Gasteiger partial charge is 0.423 e. The quantitative estimate of drug-likeness (QED) is 0.0554. The number of imidazole rings is 1. The number of imide groups is 1. The van der Waals surface area contributed by atoms with Gasteiger partial charge in [-0.1, -0.05) is 69.1 Å². The molecule has 18 heteroatoms. The zero-order chi connectivity index (χ0) is 39.5. The van der Waals surface area contributed by atoms with Crippen molar-refractivity contribution in [1.29, 1.82) is 0 Å². The van der Waals surface area contributed by atoms with Crippen molar-refractivity contribution in [2.75, 3.05) is 44.3 Å². The lowest BCUT2D eigenvalue weighted by Crippen LogP contribution is -2.32. The number of ether oxygens (including phenoxy) is 4. The molecule has 0 saturated heterocycles. The Morgan fingerprint density at radius 2 is 1.64 bits per heavy atom. The zero-order valence-electron chi connectivity index (χ0n) is 30.2. The number of hydrogen-bond donors (Lipinski definition) is 2. The average Bonchev–Trinajstić information content (AvgIpc) is 3.55. The first kappa shape index (κ1) is 41.8. The van der Waals surface area contributed by atoms with Crippen LogP contribution in [0.1, 0.15) is 22.4 Å². The molecule has 0 aliphatic rings. The van der Waals surface area contributed by atoms with E-state index < -0.39 is 29.3 Å². The summed E-state index contributed by atoms with van der Waals surface area (Å²) in [5, 5.41) is 6.26. The Balaban J connectivity index is 1.07. The number of amides is 2. The van der Waals surface area contributed by atoms with Crippen LogP contribution in [0.2, 0.25) is 10.0 Å². The third-order valence-corrected chi connectivity index (χ3v) is 12.1. The predicted molar refractivity (Wildman–Crippen MR) is 218 cm³/mol. The molecule has 5 aromatic rings. The molecule has 55 heavy (non-hydrogen) atoms. The number of carbonyl (C=O) groups excluding carboxylic acids is 3. The van der Waals surface area contributed by atoms with Gasteiger partial charge >= 0.3 is 17.3 Å². The van der Waals surface area contributed by atoms with Crippen molar-refractivity contribution >= 4 is 96.5 Å². The number of methoxy groups -OCH3 is 2. The van der Waals surface area contributed by atoms with Crippen LogP contribution in [0.5, 0.6) is 11.5 Å². The van der Waals surface area contributed by atoms with Gasteiger partial charge in [0, 0.05) is 51.8 Å². The molecular weight excluding hydrogens is 810 g/mol. The number of alkyl carbamates (subject to hydrolysis) is 1. The van der Waals surface area contributed by atoms with E-state index in [1.807, 2.05) is 13.8 Å². The summed E-state index contributed by atoms with van der Waals surface area (Å²) in [6, 6.07) is 17.2. The lowest BCUT2D eigenvalue weighted by Gasteiger charge is -2.14. The van der Waals surface area contributed by atoms with E-state index in [1.165, 1.54) is 33.3 Å². The number of aromatic nitrogens is 3. The van der Waals surface area contributed by atoms with E-state index in [0.29, 0.717) is 66.7 Å². The maximum absolute atomic E-state index is 13.7. The Morgan fingerprint density at radius 3 is 2.35 bits per heavy atom. The highest BCUT2D eigenvalue weighted by molar-refractivity contribution is 8.76. The van der Waals surface area contributed by atoms with Crippen molar-refractivity contribution in [3.63, 3.8) is 0 Å². The third kappa shape index (κ3) is 10.9. The van der Waals surface area contributed by atoms with Gasteiger partial charge in [-0.3, -0.25) is 15.1 Å². The fourth-order valence-electron chi connectivity index (χ4n) is 5.33. The van der Waals surface area contributed by atoms with Crippen molar-refractivity contribution < 1.29 is 37.9 Å². The molecule has 0 aliphatic heterocycles. The molecule has 3 aromatic carbocycles. The van der Waals surface area contributed by atoms with Gasteiger partial charge in [-0.15, -0.1) is 0 Å². The van der Waals surface area contributed by atoms with E-state index in [9.17, 15) is 18.9 Å². The van der Waals surface area contributed by atoms with Crippen LogP contribution in [0, 0.1) is 13.8 Å². The largest absolute Gasteiger partial charge is 0.609 e. The second-order valence-electron chi connectivity index (χ2n) is 11.6. The summed E-state index contributed by atoms with van der Waals surface area (Å²) in [5.41, 5.74) is 4.74. The molecule has 0 fully saturated rings. The van der Waals surface area contributed by atoms with Crippen LogP contribution >= 0.6 is 44.8 Å². The van der Waals surface area contributed by atoms with E-state index in [4.69, 9.17) is 42.1 Å². The van der Waals surface area contributed by atoms with E-state index >= 15 is 0 Å². The van der Waals surface area contributed by atoms with Crippen molar-refractivity contribution in [2.45, 2.75) is 31.2 Å². The molecule has 0 bridgehead atoms. The molecule has 2 amide bonds. The number of benzene rings is 3. The number of aryl methyl sites for hydroxylation is 1. The minimum Gasteiger partial charge on any atom is -0.609 e. The average molecular weight is 847 g/mol. The van der Waals surface area contributed by atoms with Crippen LogP contribution in [-0.2, 0) is 37.6 Å². The van der Waals surface area contributed by atoms with Gasteiger partial charge in [-0.2, -0.15) is 9.55 Å². The van der Waals surface area contributed by atoms with Crippen molar-refractivity contribution in [3.05, 3.63) is 99.3 Å². The molecule has 0 radical (unpaired) electrons. The molecule has 1 unspecified atom stereocenters. The van der Waals surface area contributed by atoms with Crippen LogP contribution in [0.3, 0.4) is 0 Å². The predicted octanol–water partition coefficient (Wildman–Crippen LogP) is 8.29. The van der Waals surface area contributed by atoms with Crippen LogP contribution in [0.4, 0.5) is 21.0 Å². The molecule has 2 heterocycles. The van der Waals surface area contributed by atoms with E-state index in [2.05, 4.69) is 20.6 Å². The van der Waals surface area contributed by atoms with Gasteiger partial charge in [0.2, 0.25) is 5.91 Å². The normalized spacial score (nSPS) is 11.5. The van der Waals surface area contributed by atoms with Gasteiger partial charge in [0.1, 0.15) is 24.7 Å². The first-order valence-corrected chi connectivity index (χ1v) is 21.2. The zero-order valence-corrected chi connectivity index (χ0v) is 34.1. The molecule has 2 aromatic heterocycles. The summed E-state index contributed by atoms with van der Waals surface area (Å²) < 4.78 is 36.4. The lowest BCUT2D eigenvalue weighted by molar-refractivity contribution is -0.119. The van der Waals surface area contributed by atoms with Crippen LogP contribution < -0.4 is 20.1 Å². The van der Waals surface area contributed by atoms with Crippen molar-refractivity contribution in [1.82, 2.24) is 19.9 Å². The second kappa shape index (κ2) is 20.0. The number of anilines is 2. The topological polar surface area (TPSA) is 166 Å². The fraction of sp³-hybridized carbons (Fsp3) is 0.270. The Morgan fingerprint density at radius 1 is 0.927 bits per heavy atom. The lowest BCUT2D eigenvalue weighted by atomic mass is 10.1. The number of carbonyl (C=O) groups is 3. The summed E-state index contributed by atoms with van der Waals surface area (Å²) in [5.74, 6) is 1.47. The Bertz CT molecular complexity index is 2150. The first-order valence-electron chi connectivity index (χ1n) is 16.6. The SMILES string of the molecule is COc1ccc2c(c1)nc([S+]([O-])Cc1ncc(C)c(OC)c1C)n2C(=O)OCCSSCCOC(=O)NC(=O)Cc1ccccc1Nc1c(Cl)cccc1Cl. The Labute approximate surface area is 338 Å². The standard InChI is InChI=1S/C37H37Cl2N5O8S3/c1-22-20-40-30(23(2)34(22)50-4)21-55(48)35-42-29-19-25(49-3)12-13-31(29)44(35)37(47)52-15-17-54-53-16-14-51-36(46)43-32(45)18-24-8-5-6-11-28(24)41-33-26(38)9-7-10-27(33)39/h5-13,19-20,41H,14-18,21H2,1-4H3,(H,43,45,46). The number of pyridine rings is 1. The van der Waals surface area contributed by atoms with Crippen molar-refractivity contribution in [3.8, 4) is 11.5 Å². The maximum atomic E-state index is 13.7. The number of para-hydroxylation sites is 2. The summed E-state index contributed by atoms with van der Waals surface area (Å²) >= 11 is 10.8. The highest BCUT2D eigenvalue weighted by atomic mass is 35.5. The maximum Gasteiger partial charge on any atom is 0.423 e. The number of halogens is 2. The molecule has 0 aliphatic carbocycles. The van der Waals surface area contributed by atoms with Gasteiger partial charge < -0.3 is 28.8 Å². The van der Waals surface area contributed by atoms with Gasteiger partial charge in [0.25, 0.3) is 0 Å². The molecule has 2 N–H and O–H groups in total. The monoisotopic (exact) mass is 845 g/mol.